The minimum atomic E-state index is -0.432. The van der Waals surface area contributed by atoms with E-state index in [-0.39, 0.29) is 6.09 Å². The first kappa shape index (κ1) is 18.3. The third kappa shape index (κ3) is 5.81. The van der Waals surface area contributed by atoms with Crippen LogP contribution in [0.1, 0.15) is 33.3 Å². The fraction of sp³-hybridized carbons (Fsp3) is 0.611. The highest BCUT2D eigenvalue weighted by molar-refractivity contribution is 9.10. The van der Waals surface area contributed by atoms with Crippen molar-refractivity contribution >= 4 is 22.0 Å². The predicted octanol–water partition coefficient (Wildman–Crippen LogP) is 3.93. The molecule has 0 saturated carbocycles. The third-order valence-electron chi connectivity index (χ3n) is 4.02. The van der Waals surface area contributed by atoms with E-state index >= 15 is 0 Å². The van der Waals surface area contributed by atoms with E-state index in [4.69, 9.17) is 4.74 Å². The van der Waals surface area contributed by atoms with Crippen LogP contribution in [0.2, 0.25) is 0 Å². The summed E-state index contributed by atoms with van der Waals surface area (Å²) in [6, 6.07) is 8.84. The van der Waals surface area contributed by atoms with E-state index in [1.807, 2.05) is 25.7 Å². The Morgan fingerprint density at radius 2 is 1.91 bits per heavy atom. The van der Waals surface area contributed by atoms with Gasteiger partial charge in [-0.3, -0.25) is 4.90 Å². The van der Waals surface area contributed by atoms with Gasteiger partial charge >= 0.3 is 6.09 Å². The minimum Gasteiger partial charge on any atom is -0.444 e. The molecule has 1 fully saturated rings. The normalized spacial score (nSPS) is 19.7. The van der Waals surface area contributed by atoms with Crippen molar-refractivity contribution in [2.45, 2.75) is 45.8 Å². The van der Waals surface area contributed by atoms with Crippen LogP contribution in [0, 0.1) is 0 Å². The van der Waals surface area contributed by atoms with Crippen LogP contribution in [0.15, 0.2) is 28.7 Å². The summed E-state index contributed by atoms with van der Waals surface area (Å²) >= 11 is 3.46. The van der Waals surface area contributed by atoms with Crippen molar-refractivity contribution < 1.29 is 9.53 Å². The SMILES string of the molecule is C[C@H]1CN(C(=O)OC(C)(C)C)CCN1CCc1ccc(Br)cc1. The smallest absolute Gasteiger partial charge is 0.410 e. The van der Waals surface area contributed by atoms with Crippen LogP contribution in [0.3, 0.4) is 0 Å². The van der Waals surface area contributed by atoms with Crippen LogP contribution in [0.4, 0.5) is 4.79 Å². The first-order valence-electron chi connectivity index (χ1n) is 8.21. The van der Waals surface area contributed by atoms with Gasteiger partial charge in [0.05, 0.1) is 0 Å². The van der Waals surface area contributed by atoms with Gasteiger partial charge < -0.3 is 9.64 Å². The first-order valence-corrected chi connectivity index (χ1v) is 9.00. The molecule has 2 rings (SSSR count). The van der Waals surface area contributed by atoms with Crippen LogP contribution < -0.4 is 0 Å². The Labute approximate surface area is 147 Å². The molecular formula is C18H27BrN2O2. The average Bonchev–Trinajstić information content (AvgIpc) is 2.46. The number of halogens is 1. The standard InChI is InChI=1S/C18H27BrN2O2/c1-14-13-21(17(22)23-18(2,3)4)12-11-20(14)10-9-15-5-7-16(19)8-6-15/h5-8,14H,9-13H2,1-4H3/t14-/m0/s1. The van der Waals surface area contributed by atoms with Gasteiger partial charge in [0.1, 0.15) is 5.60 Å². The Hall–Kier alpha value is -1.07. The summed E-state index contributed by atoms with van der Waals surface area (Å²) in [6.45, 7) is 11.3. The van der Waals surface area contributed by atoms with Crippen molar-refractivity contribution in [3.05, 3.63) is 34.3 Å². The van der Waals surface area contributed by atoms with Crippen molar-refractivity contribution in [1.82, 2.24) is 9.80 Å². The van der Waals surface area contributed by atoms with E-state index in [1.54, 1.807) is 0 Å². The molecule has 0 radical (unpaired) electrons. The Kier molecular flexibility index (Phi) is 6.09. The van der Waals surface area contributed by atoms with E-state index in [2.05, 4.69) is 52.0 Å². The van der Waals surface area contributed by atoms with Gasteiger partial charge in [0.2, 0.25) is 0 Å². The Balaban J connectivity index is 1.82. The van der Waals surface area contributed by atoms with Crippen molar-refractivity contribution in [1.29, 1.82) is 0 Å². The number of benzene rings is 1. The van der Waals surface area contributed by atoms with Gasteiger partial charge in [-0.05, 0) is 51.8 Å². The topological polar surface area (TPSA) is 32.8 Å². The summed E-state index contributed by atoms with van der Waals surface area (Å²) in [6.07, 6.45) is 0.834. The molecule has 128 valence electrons. The van der Waals surface area contributed by atoms with Gasteiger partial charge in [-0.25, -0.2) is 4.79 Å². The predicted molar refractivity (Wildman–Crippen MR) is 96.7 cm³/mol. The molecule has 1 saturated heterocycles. The summed E-state index contributed by atoms with van der Waals surface area (Å²) in [4.78, 5) is 16.4. The lowest BCUT2D eigenvalue weighted by Crippen LogP contribution is -2.54. The van der Waals surface area contributed by atoms with Crippen LogP contribution in [-0.2, 0) is 11.2 Å². The van der Waals surface area contributed by atoms with Crippen molar-refractivity contribution in [3.8, 4) is 0 Å². The van der Waals surface area contributed by atoms with Crippen LogP contribution in [-0.4, -0.2) is 53.7 Å². The fourth-order valence-electron chi connectivity index (χ4n) is 2.74. The van der Waals surface area contributed by atoms with Crippen LogP contribution >= 0.6 is 15.9 Å². The van der Waals surface area contributed by atoms with Gasteiger partial charge in [0.25, 0.3) is 0 Å². The summed E-state index contributed by atoms with van der Waals surface area (Å²) < 4.78 is 6.58. The Morgan fingerprint density at radius 1 is 1.26 bits per heavy atom. The largest absolute Gasteiger partial charge is 0.444 e. The van der Waals surface area contributed by atoms with E-state index in [0.29, 0.717) is 6.04 Å². The second kappa shape index (κ2) is 7.67. The molecule has 1 aliphatic rings. The highest BCUT2D eigenvalue weighted by Gasteiger charge is 2.29. The second-order valence-corrected chi connectivity index (χ2v) is 8.10. The van der Waals surface area contributed by atoms with Gasteiger partial charge in [-0.1, -0.05) is 28.1 Å². The maximum atomic E-state index is 12.2. The maximum absolute atomic E-state index is 12.2. The zero-order valence-corrected chi connectivity index (χ0v) is 16.1. The summed E-state index contributed by atoms with van der Waals surface area (Å²) in [5, 5.41) is 0. The molecule has 1 amide bonds. The van der Waals surface area contributed by atoms with Gasteiger partial charge in [-0.15, -0.1) is 0 Å². The van der Waals surface area contributed by atoms with Crippen molar-refractivity contribution in [2.75, 3.05) is 26.2 Å². The fourth-order valence-corrected chi connectivity index (χ4v) is 3.01. The highest BCUT2D eigenvalue weighted by Crippen LogP contribution is 2.16. The number of hydrogen-bond donors (Lipinski definition) is 0. The van der Waals surface area contributed by atoms with Crippen LogP contribution in [0.25, 0.3) is 0 Å². The van der Waals surface area contributed by atoms with E-state index in [9.17, 15) is 4.79 Å². The maximum Gasteiger partial charge on any atom is 0.410 e. The molecular weight excluding hydrogens is 356 g/mol. The summed E-state index contributed by atoms with van der Waals surface area (Å²) in [7, 11) is 0. The lowest BCUT2D eigenvalue weighted by Gasteiger charge is -2.40. The van der Waals surface area contributed by atoms with Gasteiger partial charge in [0, 0.05) is 36.7 Å². The molecule has 1 atom stereocenters. The molecule has 23 heavy (non-hydrogen) atoms. The van der Waals surface area contributed by atoms with E-state index in [1.165, 1.54) is 5.56 Å². The molecule has 1 aliphatic heterocycles. The van der Waals surface area contributed by atoms with E-state index in [0.717, 1.165) is 37.1 Å². The number of ether oxygens (including phenoxy) is 1. The number of piperazine rings is 1. The number of hydrogen-bond acceptors (Lipinski definition) is 3. The number of amides is 1. The number of rotatable bonds is 3. The monoisotopic (exact) mass is 382 g/mol. The average molecular weight is 383 g/mol. The van der Waals surface area contributed by atoms with Crippen LogP contribution in [0.5, 0.6) is 0 Å². The number of carbonyl (C=O) groups excluding carboxylic acids is 1. The van der Waals surface area contributed by atoms with Gasteiger partial charge in [0.15, 0.2) is 0 Å². The van der Waals surface area contributed by atoms with Crippen molar-refractivity contribution in [2.24, 2.45) is 0 Å². The summed E-state index contributed by atoms with van der Waals surface area (Å²) in [5.74, 6) is 0. The zero-order valence-electron chi connectivity index (χ0n) is 14.5. The molecule has 4 nitrogen and oxygen atoms in total. The molecule has 0 spiro atoms. The molecule has 1 heterocycles. The first-order chi connectivity index (χ1) is 10.7. The molecule has 1 aromatic rings. The molecule has 0 aliphatic carbocycles. The molecule has 0 N–H and O–H groups in total. The lowest BCUT2D eigenvalue weighted by molar-refractivity contribution is 0.00598. The molecule has 0 aromatic heterocycles. The Bertz CT molecular complexity index is 525. The summed E-state index contributed by atoms with van der Waals surface area (Å²) in [5.41, 5.74) is 0.911. The lowest BCUT2D eigenvalue weighted by atomic mass is 10.1. The highest BCUT2D eigenvalue weighted by atomic mass is 79.9. The van der Waals surface area contributed by atoms with Crippen molar-refractivity contribution in [3.63, 3.8) is 0 Å². The third-order valence-corrected chi connectivity index (χ3v) is 4.55. The minimum absolute atomic E-state index is 0.197. The molecule has 5 heteroatoms. The molecule has 0 bridgehead atoms. The zero-order chi connectivity index (χ0) is 17.0. The second-order valence-electron chi connectivity index (χ2n) is 7.19. The molecule has 0 unspecified atom stereocenters. The van der Waals surface area contributed by atoms with Gasteiger partial charge in [-0.2, -0.15) is 0 Å². The van der Waals surface area contributed by atoms with E-state index < -0.39 is 5.60 Å². The Morgan fingerprint density at radius 3 is 2.48 bits per heavy atom. The number of carbonyl (C=O) groups is 1. The quantitative estimate of drug-likeness (QED) is 0.793. The number of nitrogens with zero attached hydrogens (tertiary/aromatic N) is 2. The molecule has 1 aromatic carbocycles.